The van der Waals surface area contributed by atoms with Gasteiger partial charge in [-0.3, -0.25) is 4.79 Å². The third-order valence-corrected chi connectivity index (χ3v) is 3.70. The molecule has 5 nitrogen and oxygen atoms in total. The summed E-state index contributed by atoms with van der Waals surface area (Å²) in [5, 5.41) is 25.0. The smallest absolute Gasteiger partial charge is 0.238 e. The summed E-state index contributed by atoms with van der Waals surface area (Å²) in [5.74, 6) is -0.0410. The van der Waals surface area contributed by atoms with Crippen molar-refractivity contribution < 1.29 is 15.0 Å². The van der Waals surface area contributed by atoms with Crippen LogP contribution in [0, 0.1) is 0 Å². The van der Waals surface area contributed by atoms with Crippen LogP contribution in [0.25, 0.3) is 0 Å². The minimum atomic E-state index is -0.275. The molecule has 0 spiro atoms. The number of hydrogen-bond acceptors (Lipinski definition) is 4. The molecule has 1 amide bonds. The fourth-order valence-corrected chi connectivity index (χ4v) is 2.25. The predicted molar refractivity (Wildman–Crippen MR) is 89.0 cm³/mol. The number of benzene rings is 2. The quantitative estimate of drug-likeness (QED) is 0.614. The van der Waals surface area contributed by atoms with E-state index in [2.05, 4.69) is 26.6 Å². The van der Waals surface area contributed by atoms with E-state index in [0.29, 0.717) is 11.3 Å². The number of phenols is 2. The average Bonchev–Trinajstić information content (AvgIpc) is 2.49. The molecule has 0 aliphatic rings. The summed E-state index contributed by atoms with van der Waals surface area (Å²) >= 11 is 3.33. The summed E-state index contributed by atoms with van der Waals surface area (Å²) < 4.78 is 0.941. The summed E-state index contributed by atoms with van der Waals surface area (Å²) in [6.07, 6.45) is 0. The van der Waals surface area contributed by atoms with E-state index in [0.717, 1.165) is 4.47 Å². The second-order valence-electron chi connectivity index (χ2n) is 4.90. The second-order valence-corrected chi connectivity index (χ2v) is 5.82. The standard InChI is InChI=1S/C16H17BrN2O3/c1-10(14-8-13(20)6-7-15(14)21)18-9-16(22)19-12-4-2-11(17)3-5-12/h2-8,10,18,20-21H,9H2,1H3,(H,19,22)/t10-/m0/s1. The first-order valence-electron chi connectivity index (χ1n) is 6.76. The number of carbonyl (C=O) groups is 1. The van der Waals surface area contributed by atoms with Crippen molar-refractivity contribution in [3.8, 4) is 11.5 Å². The van der Waals surface area contributed by atoms with Crippen molar-refractivity contribution in [1.29, 1.82) is 0 Å². The lowest BCUT2D eigenvalue weighted by Gasteiger charge is -2.15. The van der Waals surface area contributed by atoms with Gasteiger partial charge in [0.2, 0.25) is 5.91 Å². The topological polar surface area (TPSA) is 81.6 Å². The molecule has 22 heavy (non-hydrogen) atoms. The van der Waals surface area contributed by atoms with Crippen LogP contribution in [0.2, 0.25) is 0 Å². The van der Waals surface area contributed by atoms with Crippen LogP contribution in [-0.2, 0) is 4.79 Å². The van der Waals surface area contributed by atoms with Gasteiger partial charge in [-0.15, -0.1) is 0 Å². The zero-order valence-corrected chi connectivity index (χ0v) is 13.6. The number of carbonyl (C=O) groups excluding carboxylic acids is 1. The van der Waals surface area contributed by atoms with Crippen molar-refractivity contribution in [3.05, 3.63) is 52.5 Å². The summed E-state index contributed by atoms with van der Waals surface area (Å²) in [6.45, 7) is 1.90. The highest BCUT2D eigenvalue weighted by Gasteiger charge is 2.12. The fourth-order valence-electron chi connectivity index (χ4n) is 1.98. The lowest BCUT2D eigenvalue weighted by atomic mass is 10.1. The largest absolute Gasteiger partial charge is 0.508 e. The predicted octanol–water partition coefficient (Wildman–Crippen LogP) is 3.15. The van der Waals surface area contributed by atoms with E-state index in [1.807, 2.05) is 12.1 Å². The highest BCUT2D eigenvalue weighted by molar-refractivity contribution is 9.10. The summed E-state index contributed by atoms with van der Waals surface area (Å²) in [6, 6.07) is 11.3. The maximum atomic E-state index is 11.9. The Hall–Kier alpha value is -2.05. The maximum Gasteiger partial charge on any atom is 0.238 e. The van der Waals surface area contributed by atoms with E-state index in [-0.39, 0.29) is 30.0 Å². The van der Waals surface area contributed by atoms with Crippen molar-refractivity contribution in [3.63, 3.8) is 0 Å². The Balaban J connectivity index is 1.90. The van der Waals surface area contributed by atoms with Crippen molar-refractivity contribution in [2.75, 3.05) is 11.9 Å². The van der Waals surface area contributed by atoms with Crippen LogP contribution in [0.4, 0.5) is 5.69 Å². The normalized spacial score (nSPS) is 11.9. The maximum absolute atomic E-state index is 11.9. The molecule has 0 saturated heterocycles. The molecule has 0 fully saturated rings. The van der Waals surface area contributed by atoms with Crippen LogP contribution < -0.4 is 10.6 Å². The summed E-state index contributed by atoms with van der Waals surface area (Å²) in [4.78, 5) is 11.9. The molecule has 0 aromatic heterocycles. The molecule has 4 N–H and O–H groups in total. The van der Waals surface area contributed by atoms with Gasteiger partial charge in [-0.1, -0.05) is 15.9 Å². The fraction of sp³-hybridized carbons (Fsp3) is 0.188. The van der Waals surface area contributed by atoms with Crippen LogP contribution in [-0.4, -0.2) is 22.7 Å². The number of halogens is 1. The molecule has 0 heterocycles. The molecule has 1 atom stereocenters. The first-order chi connectivity index (χ1) is 10.5. The molecule has 0 saturated carbocycles. The number of hydrogen-bond donors (Lipinski definition) is 4. The Kier molecular flexibility index (Phi) is 5.41. The van der Waals surface area contributed by atoms with Gasteiger partial charge < -0.3 is 20.8 Å². The van der Waals surface area contributed by atoms with E-state index in [1.54, 1.807) is 19.1 Å². The van der Waals surface area contributed by atoms with Gasteiger partial charge in [0.15, 0.2) is 0 Å². The second kappa shape index (κ2) is 7.29. The number of anilines is 1. The molecule has 6 heteroatoms. The SMILES string of the molecule is C[C@H](NCC(=O)Nc1ccc(Br)cc1)c1cc(O)ccc1O. The molecule has 2 rings (SSSR count). The van der Waals surface area contributed by atoms with Gasteiger partial charge in [0.05, 0.1) is 6.54 Å². The Morgan fingerprint density at radius 2 is 1.86 bits per heavy atom. The number of rotatable bonds is 5. The number of nitrogens with one attached hydrogen (secondary N) is 2. The van der Waals surface area contributed by atoms with Crippen LogP contribution >= 0.6 is 15.9 Å². The zero-order valence-electron chi connectivity index (χ0n) is 12.0. The Morgan fingerprint density at radius 1 is 1.18 bits per heavy atom. The molecule has 0 aliphatic heterocycles. The zero-order chi connectivity index (χ0) is 16.1. The van der Waals surface area contributed by atoms with Gasteiger partial charge in [-0.2, -0.15) is 0 Å². The molecular formula is C16H17BrN2O3. The van der Waals surface area contributed by atoms with Gasteiger partial charge >= 0.3 is 0 Å². The van der Waals surface area contributed by atoms with Crippen LogP contribution in [0.15, 0.2) is 46.9 Å². The minimum absolute atomic E-state index is 0.0702. The van der Waals surface area contributed by atoms with Gasteiger partial charge in [0.25, 0.3) is 0 Å². The van der Waals surface area contributed by atoms with E-state index >= 15 is 0 Å². The third kappa shape index (κ3) is 4.47. The van der Waals surface area contributed by atoms with Crippen molar-refractivity contribution in [2.24, 2.45) is 0 Å². The minimum Gasteiger partial charge on any atom is -0.508 e. The number of aromatic hydroxyl groups is 2. The molecule has 0 aliphatic carbocycles. The number of phenolic OH excluding ortho intramolecular Hbond substituents is 2. The Morgan fingerprint density at radius 3 is 2.55 bits per heavy atom. The van der Waals surface area contributed by atoms with E-state index in [1.165, 1.54) is 18.2 Å². The molecular weight excluding hydrogens is 348 g/mol. The summed E-state index contributed by atoms with van der Waals surface area (Å²) in [7, 11) is 0. The lowest BCUT2D eigenvalue weighted by molar-refractivity contribution is -0.115. The Bertz CT molecular complexity index is 659. The van der Waals surface area contributed by atoms with E-state index in [4.69, 9.17) is 0 Å². The first-order valence-corrected chi connectivity index (χ1v) is 7.55. The van der Waals surface area contributed by atoms with Crippen LogP contribution in [0.1, 0.15) is 18.5 Å². The molecule has 116 valence electrons. The Labute approximate surface area is 137 Å². The van der Waals surface area contributed by atoms with Gasteiger partial charge in [-0.05, 0) is 49.4 Å². The highest BCUT2D eigenvalue weighted by atomic mass is 79.9. The lowest BCUT2D eigenvalue weighted by Crippen LogP contribution is -2.30. The van der Waals surface area contributed by atoms with E-state index in [9.17, 15) is 15.0 Å². The first kappa shape index (κ1) is 16.3. The average molecular weight is 365 g/mol. The van der Waals surface area contributed by atoms with Crippen LogP contribution in [0.3, 0.4) is 0 Å². The van der Waals surface area contributed by atoms with E-state index < -0.39 is 0 Å². The van der Waals surface area contributed by atoms with Crippen molar-refractivity contribution >= 4 is 27.5 Å². The molecule has 0 unspecified atom stereocenters. The van der Waals surface area contributed by atoms with Gasteiger partial charge in [0.1, 0.15) is 11.5 Å². The molecule has 2 aromatic rings. The monoisotopic (exact) mass is 364 g/mol. The molecule has 0 radical (unpaired) electrons. The van der Waals surface area contributed by atoms with Crippen molar-refractivity contribution in [1.82, 2.24) is 5.32 Å². The van der Waals surface area contributed by atoms with Crippen molar-refractivity contribution in [2.45, 2.75) is 13.0 Å². The van der Waals surface area contributed by atoms with Gasteiger partial charge in [-0.25, -0.2) is 0 Å². The van der Waals surface area contributed by atoms with Crippen LogP contribution in [0.5, 0.6) is 11.5 Å². The molecule has 0 bridgehead atoms. The summed E-state index contributed by atoms with van der Waals surface area (Å²) in [5.41, 5.74) is 1.25. The number of amides is 1. The van der Waals surface area contributed by atoms with Gasteiger partial charge in [0, 0.05) is 21.8 Å². The third-order valence-electron chi connectivity index (χ3n) is 3.17. The highest BCUT2D eigenvalue weighted by Crippen LogP contribution is 2.27. The molecule has 2 aromatic carbocycles.